The first-order chi connectivity index (χ1) is 17.4. The zero-order chi connectivity index (χ0) is 25.7. The molecule has 1 aromatic carbocycles. The lowest BCUT2D eigenvalue weighted by Gasteiger charge is -2.40. The fraction of sp³-hybridized carbons (Fsp3) is 0.533. The van der Waals surface area contributed by atoms with Crippen molar-refractivity contribution in [3.05, 3.63) is 74.7 Å². The average molecular weight is 491 g/mol. The van der Waals surface area contributed by atoms with Crippen molar-refractivity contribution in [2.24, 2.45) is 0 Å². The van der Waals surface area contributed by atoms with E-state index in [4.69, 9.17) is 0 Å². The summed E-state index contributed by atoms with van der Waals surface area (Å²) in [5, 5.41) is 3.07. The Kier molecular flexibility index (Phi) is 8.68. The molecule has 194 valence electrons. The quantitative estimate of drug-likeness (QED) is 0.607. The number of nitrogens with one attached hydrogen (secondary N) is 2. The third-order valence-electron chi connectivity index (χ3n) is 7.98. The van der Waals surface area contributed by atoms with Gasteiger partial charge < -0.3 is 20.1 Å². The number of nitrogens with zero attached hydrogens (tertiary/aromatic N) is 2. The molecular weight excluding hydrogens is 448 g/mol. The first kappa shape index (κ1) is 26.2. The third-order valence-corrected chi connectivity index (χ3v) is 7.98. The number of rotatable bonds is 4. The molecule has 6 nitrogen and oxygen atoms in total. The van der Waals surface area contributed by atoms with Gasteiger partial charge in [0.25, 0.3) is 11.5 Å². The summed E-state index contributed by atoms with van der Waals surface area (Å²) in [4.78, 5) is 34.0. The minimum Gasteiger partial charge on any atom is -0.369 e. The molecule has 6 heteroatoms. The monoisotopic (exact) mass is 490 g/mol. The molecule has 0 unspecified atom stereocenters. The highest BCUT2D eigenvalue weighted by atomic mass is 16.1. The maximum absolute atomic E-state index is 13.5. The molecule has 1 saturated carbocycles. The van der Waals surface area contributed by atoms with Gasteiger partial charge in [-0.3, -0.25) is 9.59 Å². The summed E-state index contributed by atoms with van der Waals surface area (Å²) in [6.07, 6.45) is 12.7. The Labute approximate surface area is 215 Å². The van der Waals surface area contributed by atoms with Gasteiger partial charge >= 0.3 is 0 Å². The van der Waals surface area contributed by atoms with Crippen LogP contribution >= 0.6 is 0 Å². The van der Waals surface area contributed by atoms with E-state index in [0.717, 1.165) is 49.0 Å². The molecule has 1 amide bonds. The zero-order valence-electron chi connectivity index (χ0n) is 22.4. The Morgan fingerprint density at radius 2 is 1.75 bits per heavy atom. The Morgan fingerprint density at radius 3 is 2.47 bits per heavy atom. The minimum absolute atomic E-state index is 0.102. The van der Waals surface area contributed by atoms with Crippen LogP contribution < -0.4 is 15.8 Å². The Balaban J connectivity index is 1.65. The molecule has 0 atom stereocenters. The Hall–Kier alpha value is -2.86. The van der Waals surface area contributed by atoms with Gasteiger partial charge in [-0.1, -0.05) is 18.2 Å². The number of carbonyl (C=O) groups excluding carboxylic acids is 1. The number of carbonyl (C=O) groups is 1. The normalized spacial score (nSPS) is 21.9. The van der Waals surface area contributed by atoms with E-state index in [2.05, 4.69) is 59.3 Å². The summed E-state index contributed by atoms with van der Waals surface area (Å²) in [7, 11) is 4.36. The van der Waals surface area contributed by atoms with Crippen LogP contribution in [0.3, 0.4) is 0 Å². The Morgan fingerprint density at radius 1 is 1.00 bits per heavy atom. The molecule has 2 aliphatic rings. The first-order valence-corrected chi connectivity index (χ1v) is 13.6. The minimum atomic E-state index is -0.113. The van der Waals surface area contributed by atoms with E-state index in [9.17, 15) is 9.59 Å². The Bertz CT molecular complexity index is 1140. The lowest BCUT2D eigenvalue weighted by atomic mass is 9.88. The lowest BCUT2D eigenvalue weighted by Crippen LogP contribution is -2.42. The van der Waals surface area contributed by atoms with Crippen LogP contribution in [0.4, 0.5) is 5.69 Å². The number of hydrogen-bond acceptors (Lipinski definition) is 4. The van der Waals surface area contributed by atoms with E-state index >= 15 is 0 Å². The van der Waals surface area contributed by atoms with Gasteiger partial charge in [-0.05, 0) is 109 Å². The average Bonchev–Trinajstić information content (AvgIpc) is 2.87. The van der Waals surface area contributed by atoms with Gasteiger partial charge in [-0.15, -0.1) is 0 Å². The van der Waals surface area contributed by atoms with Gasteiger partial charge in [-0.25, -0.2) is 0 Å². The summed E-state index contributed by atoms with van der Waals surface area (Å²) in [6.45, 7) is 5.29. The number of amides is 1. The maximum atomic E-state index is 13.5. The summed E-state index contributed by atoms with van der Waals surface area (Å²) in [5.74, 6) is -0.113. The zero-order valence-corrected chi connectivity index (χ0v) is 22.4. The molecule has 2 N–H and O–H groups in total. The highest BCUT2D eigenvalue weighted by Crippen LogP contribution is 2.33. The van der Waals surface area contributed by atoms with E-state index in [1.807, 2.05) is 25.1 Å². The number of aromatic nitrogens is 1. The SMILES string of the molecule is CCN(c1cccc2c1C/C=C/CCCc1cc(C)[nH]c(=O)c1CNC2=O)[C@H]1CC[C@H](N(C)C)CC1. The largest absolute Gasteiger partial charge is 0.369 e. The molecule has 1 aliphatic heterocycles. The second-order valence-corrected chi connectivity index (χ2v) is 10.6. The molecule has 2 aromatic rings. The van der Waals surface area contributed by atoms with Gasteiger partial charge in [0.1, 0.15) is 0 Å². The maximum Gasteiger partial charge on any atom is 0.253 e. The molecule has 0 spiro atoms. The van der Waals surface area contributed by atoms with Crippen LogP contribution in [0.15, 0.2) is 41.2 Å². The molecule has 1 aliphatic carbocycles. The molecule has 0 bridgehead atoms. The fourth-order valence-corrected chi connectivity index (χ4v) is 5.98. The van der Waals surface area contributed by atoms with Crippen LogP contribution in [0, 0.1) is 6.92 Å². The highest BCUT2D eigenvalue weighted by molar-refractivity contribution is 5.97. The number of H-pyrrole nitrogens is 1. The summed E-state index contributed by atoms with van der Waals surface area (Å²) in [6, 6.07) is 9.31. The standard InChI is InChI=1S/C30H42N4O2/c1-5-34(24-17-15-23(16-18-24)33(3)4)28-14-10-13-26-25(28)12-9-7-6-8-11-22-19-21(2)32-30(36)27(22)20-31-29(26)35/h7,9-10,13-14,19,23-24H,5-6,8,11-12,15-18,20H2,1-4H3,(H,31,35)(H,32,36)/b9-7+/t23-,24-. The predicted molar refractivity (Wildman–Crippen MR) is 148 cm³/mol. The van der Waals surface area contributed by atoms with E-state index in [1.54, 1.807) is 0 Å². The molecule has 1 aromatic heterocycles. The van der Waals surface area contributed by atoms with Gasteiger partial charge in [-0.2, -0.15) is 0 Å². The molecule has 36 heavy (non-hydrogen) atoms. The molecule has 1 fully saturated rings. The smallest absolute Gasteiger partial charge is 0.253 e. The van der Waals surface area contributed by atoms with Crippen LogP contribution in [0.1, 0.15) is 78.2 Å². The second-order valence-electron chi connectivity index (χ2n) is 10.6. The second kappa shape index (κ2) is 11.9. The molecule has 0 saturated heterocycles. The van der Waals surface area contributed by atoms with Crippen molar-refractivity contribution in [3.8, 4) is 0 Å². The van der Waals surface area contributed by atoms with Gasteiger partial charge in [0.2, 0.25) is 0 Å². The molecular formula is C30H42N4O2. The van der Waals surface area contributed by atoms with Crippen LogP contribution in [-0.4, -0.2) is 48.5 Å². The van der Waals surface area contributed by atoms with Crippen molar-refractivity contribution in [2.45, 2.75) is 83.8 Å². The van der Waals surface area contributed by atoms with Crippen LogP contribution in [0.5, 0.6) is 0 Å². The van der Waals surface area contributed by atoms with E-state index in [1.165, 1.54) is 31.4 Å². The number of aromatic amines is 1. The van der Waals surface area contributed by atoms with Crippen LogP contribution in [-0.2, 0) is 19.4 Å². The van der Waals surface area contributed by atoms with Crippen molar-refractivity contribution < 1.29 is 4.79 Å². The van der Waals surface area contributed by atoms with E-state index < -0.39 is 0 Å². The third kappa shape index (κ3) is 5.92. The highest BCUT2D eigenvalue weighted by Gasteiger charge is 2.28. The first-order valence-electron chi connectivity index (χ1n) is 13.6. The number of allylic oxidation sites excluding steroid dienone is 2. The van der Waals surface area contributed by atoms with Crippen molar-refractivity contribution in [2.75, 3.05) is 25.5 Å². The number of aryl methyl sites for hydroxylation is 2. The van der Waals surface area contributed by atoms with Gasteiger partial charge in [0, 0.05) is 47.7 Å². The predicted octanol–water partition coefficient (Wildman–Crippen LogP) is 4.75. The van der Waals surface area contributed by atoms with Crippen LogP contribution in [0.2, 0.25) is 0 Å². The van der Waals surface area contributed by atoms with Gasteiger partial charge in [0.05, 0.1) is 0 Å². The number of hydrogen-bond donors (Lipinski definition) is 2. The number of anilines is 1. The summed E-state index contributed by atoms with van der Waals surface area (Å²) < 4.78 is 0. The number of fused-ring (bicyclic) bond motifs is 2. The summed E-state index contributed by atoms with van der Waals surface area (Å²) >= 11 is 0. The molecule has 2 heterocycles. The topological polar surface area (TPSA) is 68.4 Å². The fourth-order valence-electron chi connectivity index (χ4n) is 5.98. The molecule has 0 radical (unpaired) electrons. The lowest BCUT2D eigenvalue weighted by molar-refractivity contribution is 0.0950. The molecule has 4 rings (SSSR count). The van der Waals surface area contributed by atoms with Crippen molar-refractivity contribution >= 4 is 11.6 Å². The van der Waals surface area contributed by atoms with Crippen molar-refractivity contribution in [1.82, 2.24) is 15.2 Å². The van der Waals surface area contributed by atoms with Crippen molar-refractivity contribution in [3.63, 3.8) is 0 Å². The van der Waals surface area contributed by atoms with Crippen LogP contribution in [0.25, 0.3) is 0 Å². The van der Waals surface area contributed by atoms with Crippen molar-refractivity contribution in [1.29, 1.82) is 0 Å². The number of benzene rings is 1. The van der Waals surface area contributed by atoms with E-state index in [-0.39, 0.29) is 18.0 Å². The van der Waals surface area contributed by atoms with E-state index in [0.29, 0.717) is 23.2 Å². The number of pyridine rings is 1. The summed E-state index contributed by atoms with van der Waals surface area (Å²) in [5.41, 5.74) is 5.43. The van der Waals surface area contributed by atoms with Gasteiger partial charge in [0.15, 0.2) is 0 Å².